The molecule has 9 heteroatoms. The first-order valence-corrected chi connectivity index (χ1v) is 11.6. The molecule has 3 atom stereocenters. The smallest absolute Gasteiger partial charge is 0.325 e. The summed E-state index contributed by atoms with van der Waals surface area (Å²) in [4.78, 5) is 53.5. The maximum Gasteiger partial charge on any atom is 0.325 e. The highest BCUT2D eigenvalue weighted by atomic mass is 16.5. The summed E-state index contributed by atoms with van der Waals surface area (Å²) in [6, 6.07) is 11.4. The lowest BCUT2D eigenvalue weighted by Crippen LogP contribution is -2.49. The molecule has 1 N–H and O–H groups in total. The van der Waals surface area contributed by atoms with Crippen LogP contribution in [0.4, 0.5) is 4.79 Å². The number of rotatable bonds is 6. The Balaban J connectivity index is 1.18. The van der Waals surface area contributed by atoms with Gasteiger partial charge in [-0.2, -0.15) is 0 Å². The van der Waals surface area contributed by atoms with Crippen LogP contribution in [0.25, 0.3) is 0 Å². The molecule has 0 spiro atoms. The molecule has 2 bridgehead atoms. The number of pyridine rings is 1. The molecule has 4 heterocycles. The van der Waals surface area contributed by atoms with Gasteiger partial charge in [-0.25, -0.2) is 4.79 Å². The van der Waals surface area contributed by atoms with Gasteiger partial charge in [0.1, 0.15) is 11.8 Å². The zero-order valence-electron chi connectivity index (χ0n) is 19.1. The topological polar surface area (TPSA) is 101 Å². The van der Waals surface area contributed by atoms with Crippen LogP contribution in [-0.4, -0.2) is 58.5 Å². The summed E-state index contributed by atoms with van der Waals surface area (Å²) in [5, 5.41) is 2.72. The molecule has 3 aliphatic rings. The monoisotopic (exact) mass is 464 g/mol. The van der Waals surface area contributed by atoms with Gasteiger partial charge in [-0.3, -0.25) is 19.3 Å². The number of piperidine rings is 1. The number of nitrogens with one attached hydrogen (secondary N) is 1. The number of hydrogen-bond donors (Lipinski definition) is 1. The second kappa shape index (κ2) is 8.96. The fourth-order valence-corrected chi connectivity index (χ4v) is 5.36. The highest BCUT2D eigenvalue weighted by Gasteiger charge is 2.39. The number of imide groups is 1. The Kier molecular flexibility index (Phi) is 5.85. The highest BCUT2D eigenvalue weighted by Crippen LogP contribution is 2.35. The van der Waals surface area contributed by atoms with Crippen LogP contribution in [0.2, 0.25) is 0 Å². The van der Waals surface area contributed by atoms with Crippen LogP contribution in [0.5, 0.6) is 5.75 Å². The van der Waals surface area contributed by atoms with Crippen LogP contribution in [0.3, 0.4) is 0 Å². The van der Waals surface area contributed by atoms with Gasteiger partial charge in [-0.1, -0.05) is 18.2 Å². The molecule has 2 saturated heterocycles. The Hall–Kier alpha value is -3.62. The third kappa shape index (κ3) is 4.18. The lowest BCUT2D eigenvalue weighted by Gasteiger charge is -2.42. The summed E-state index contributed by atoms with van der Waals surface area (Å²) in [7, 11) is 1.58. The molecule has 3 aliphatic heterocycles. The average molecular weight is 465 g/mol. The van der Waals surface area contributed by atoms with E-state index >= 15 is 0 Å². The number of carbonyl (C=O) groups is 3. The molecule has 1 aromatic carbocycles. The first-order chi connectivity index (χ1) is 16.4. The van der Waals surface area contributed by atoms with Gasteiger partial charge in [0.2, 0.25) is 5.91 Å². The van der Waals surface area contributed by atoms with Gasteiger partial charge >= 0.3 is 6.03 Å². The van der Waals surface area contributed by atoms with Crippen molar-refractivity contribution in [3.8, 4) is 5.75 Å². The number of aromatic nitrogens is 1. The quantitative estimate of drug-likeness (QED) is 0.656. The van der Waals surface area contributed by atoms with Crippen LogP contribution >= 0.6 is 0 Å². The molecule has 4 amide bonds. The van der Waals surface area contributed by atoms with Gasteiger partial charge in [0, 0.05) is 43.7 Å². The lowest BCUT2D eigenvalue weighted by atomic mass is 9.83. The summed E-state index contributed by atoms with van der Waals surface area (Å²) in [6.07, 6.45) is 1.43. The van der Waals surface area contributed by atoms with Crippen molar-refractivity contribution in [2.24, 2.45) is 5.92 Å². The number of amides is 4. The molecular weight excluding hydrogens is 436 g/mol. The maximum absolute atomic E-state index is 13.0. The molecule has 2 fully saturated rings. The number of carbonyl (C=O) groups excluding carboxylic acids is 3. The van der Waals surface area contributed by atoms with Crippen molar-refractivity contribution in [3.63, 3.8) is 0 Å². The Morgan fingerprint density at radius 2 is 1.85 bits per heavy atom. The molecule has 34 heavy (non-hydrogen) atoms. The summed E-state index contributed by atoms with van der Waals surface area (Å²) in [5.41, 5.74) is 1.83. The molecule has 0 saturated carbocycles. The van der Waals surface area contributed by atoms with Crippen LogP contribution in [0.1, 0.15) is 36.4 Å². The minimum Gasteiger partial charge on any atom is -0.497 e. The first-order valence-electron chi connectivity index (χ1n) is 11.6. The molecular formula is C25H28N4O5. The van der Waals surface area contributed by atoms with E-state index in [0.29, 0.717) is 25.4 Å². The van der Waals surface area contributed by atoms with Crippen LogP contribution in [-0.2, 0) is 22.7 Å². The third-order valence-corrected chi connectivity index (χ3v) is 7.09. The van der Waals surface area contributed by atoms with Crippen molar-refractivity contribution >= 4 is 17.8 Å². The molecule has 0 radical (unpaired) electrons. The van der Waals surface area contributed by atoms with Gasteiger partial charge in [-0.05, 0) is 42.5 Å². The number of benzene rings is 1. The zero-order chi connectivity index (χ0) is 23.8. The predicted molar refractivity (Wildman–Crippen MR) is 123 cm³/mol. The summed E-state index contributed by atoms with van der Waals surface area (Å²) in [6.45, 7) is 2.00. The van der Waals surface area contributed by atoms with Crippen LogP contribution in [0.15, 0.2) is 47.3 Å². The fraction of sp³-hybridized carbons (Fsp3) is 0.440. The molecule has 0 aliphatic carbocycles. The van der Waals surface area contributed by atoms with Gasteiger partial charge in [0.05, 0.1) is 13.7 Å². The van der Waals surface area contributed by atoms with Crippen molar-refractivity contribution in [2.45, 2.75) is 44.3 Å². The predicted octanol–water partition coefficient (Wildman–Crippen LogP) is 1.70. The molecule has 2 aromatic rings. The first kappa shape index (κ1) is 22.2. The summed E-state index contributed by atoms with van der Waals surface area (Å²) >= 11 is 0. The number of nitrogens with zero attached hydrogens (tertiary/aromatic N) is 3. The van der Waals surface area contributed by atoms with E-state index in [2.05, 4.69) is 5.32 Å². The van der Waals surface area contributed by atoms with E-state index in [1.165, 1.54) is 4.90 Å². The molecule has 9 nitrogen and oxygen atoms in total. The number of methoxy groups -OCH3 is 1. The third-order valence-electron chi connectivity index (χ3n) is 7.09. The zero-order valence-corrected chi connectivity index (χ0v) is 19.1. The van der Waals surface area contributed by atoms with E-state index in [4.69, 9.17) is 4.74 Å². The van der Waals surface area contributed by atoms with Crippen LogP contribution in [0, 0.1) is 5.92 Å². The average Bonchev–Trinajstić information content (AvgIpc) is 3.11. The standard InChI is InChI=1S/C25H28N4O5/c1-34-19-7-5-16(6-8-19)13-29-24(32)20(26-25(29)33)9-10-22(30)27-12-17-11-18(15-27)21-3-2-4-23(31)28(21)14-17/h2-8,17-18,20H,9-15H2,1H3,(H,26,33)/t17-,18+,20+/m1/s1. The SMILES string of the molecule is COc1ccc(CN2C(=O)N[C@@H](CCC(=O)N3C[C@H]4C[C@@H](C3)c3cccc(=O)n3C4)C2=O)cc1. The number of fused-ring (bicyclic) bond motifs is 4. The van der Waals surface area contributed by atoms with Crippen molar-refractivity contribution in [1.29, 1.82) is 0 Å². The van der Waals surface area contributed by atoms with E-state index in [1.54, 1.807) is 31.4 Å². The minimum atomic E-state index is -0.696. The van der Waals surface area contributed by atoms with Crippen molar-refractivity contribution in [2.75, 3.05) is 20.2 Å². The van der Waals surface area contributed by atoms with E-state index in [9.17, 15) is 19.2 Å². The molecule has 1 aromatic heterocycles. The van der Waals surface area contributed by atoms with Crippen molar-refractivity contribution in [3.05, 3.63) is 64.1 Å². The normalized spacial score (nSPS) is 23.5. The Bertz CT molecular complexity index is 1170. The van der Waals surface area contributed by atoms with E-state index in [0.717, 1.165) is 17.7 Å². The molecule has 5 rings (SSSR count). The van der Waals surface area contributed by atoms with Crippen molar-refractivity contribution < 1.29 is 19.1 Å². The second-order valence-electron chi connectivity index (χ2n) is 9.31. The van der Waals surface area contributed by atoms with Gasteiger partial charge in [-0.15, -0.1) is 0 Å². The Morgan fingerprint density at radius 3 is 2.62 bits per heavy atom. The van der Waals surface area contributed by atoms with Gasteiger partial charge < -0.3 is 19.5 Å². The van der Waals surface area contributed by atoms with Gasteiger partial charge in [0.25, 0.3) is 11.5 Å². The number of hydrogen-bond acceptors (Lipinski definition) is 5. The van der Waals surface area contributed by atoms with Crippen LogP contribution < -0.4 is 15.6 Å². The number of likely N-dealkylation sites (tertiary alicyclic amines) is 1. The van der Waals surface area contributed by atoms with Crippen molar-refractivity contribution in [1.82, 2.24) is 19.7 Å². The highest BCUT2D eigenvalue weighted by molar-refractivity contribution is 6.04. The largest absolute Gasteiger partial charge is 0.497 e. The molecule has 0 unspecified atom stereocenters. The van der Waals surface area contributed by atoms with Gasteiger partial charge in [0.15, 0.2) is 0 Å². The number of ether oxygens (including phenoxy) is 1. The fourth-order valence-electron chi connectivity index (χ4n) is 5.36. The molecule has 178 valence electrons. The number of urea groups is 1. The van der Waals surface area contributed by atoms with E-state index in [1.807, 2.05) is 27.7 Å². The minimum absolute atomic E-state index is 0.0154. The Labute approximate surface area is 197 Å². The Morgan fingerprint density at radius 1 is 1.06 bits per heavy atom. The van der Waals surface area contributed by atoms with E-state index < -0.39 is 12.1 Å². The maximum atomic E-state index is 13.0. The second-order valence-corrected chi connectivity index (χ2v) is 9.31. The van der Waals surface area contributed by atoms with E-state index in [-0.39, 0.29) is 48.6 Å². The summed E-state index contributed by atoms with van der Waals surface area (Å²) in [5.74, 6) is 0.783. The summed E-state index contributed by atoms with van der Waals surface area (Å²) < 4.78 is 6.98. The lowest BCUT2D eigenvalue weighted by molar-refractivity contribution is -0.134.